The molecule has 3 heterocycles. The fraction of sp³-hybridized carbons (Fsp3) is 0.346. The molecule has 0 fully saturated rings. The number of benzene rings is 1. The normalized spacial score (nSPS) is 13.3. The van der Waals surface area contributed by atoms with Gasteiger partial charge in [0.1, 0.15) is 23.0 Å². The molecular formula is C26H28F2N6O. The Bertz CT molecular complexity index is 1330. The topological polar surface area (TPSA) is 89.6 Å². The van der Waals surface area contributed by atoms with Gasteiger partial charge in [-0.25, -0.2) is 13.8 Å². The molecule has 0 aliphatic rings. The first-order valence-corrected chi connectivity index (χ1v) is 11.5. The van der Waals surface area contributed by atoms with E-state index < -0.39 is 17.7 Å². The smallest absolute Gasteiger partial charge is 0.135 e. The van der Waals surface area contributed by atoms with Crippen LogP contribution >= 0.6 is 0 Å². The Hall–Kier alpha value is -3.59. The van der Waals surface area contributed by atoms with Gasteiger partial charge in [0.25, 0.3) is 0 Å². The summed E-state index contributed by atoms with van der Waals surface area (Å²) < 4.78 is 30.4. The van der Waals surface area contributed by atoms with Crippen LogP contribution in [0.2, 0.25) is 0 Å². The van der Waals surface area contributed by atoms with Crippen molar-refractivity contribution in [3.8, 4) is 22.6 Å². The van der Waals surface area contributed by atoms with Gasteiger partial charge in [-0.3, -0.25) is 9.67 Å². The van der Waals surface area contributed by atoms with Crippen LogP contribution in [0.25, 0.3) is 22.6 Å². The van der Waals surface area contributed by atoms with Crippen molar-refractivity contribution < 1.29 is 13.9 Å². The zero-order valence-corrected chi connectivity index (χ0v) is 20.4. The fourth-order valence-electron chi connectivity index (χ4n) is 4.00. The third-order valence-electron chi connectivity index (χ3n) is 5.88. The summed E-state index contributed by atoms with van der Waals surface area (Å²) >= 11 is 0. The van der Waals surface area contributed by atoms with Crippen molar-refractivity contribution in [3.63, 3.8) is 0 Å². The summed E-state index contributed by atoms with van der Waals surface area (Å²) in [5.74, 6) is -1.60. The van der Waals surface area contributed by atoms with E-state index in [-0.39, 0.29) is 23.1 Å². The minimum absolute atomic E-state index is 0.0338. The molecule has 0 spiro atoms. The SMILES string of the molecule is Cc1cc(-c2cncc(C(C)c3nnc(-c4c(F)cccc4F)cc3C(C)C)n2)nn1C[C@@H](C)O. The molecule has 0 saturated heterocycles. The Kier molecular flexibility index (Phi) is 6.98. The molecule has 1 unspecified atom stereocenters. The molecule has 1 N–H and O–H groups in total. The molecule has 7 nitrogen and oxygen atoms in total. The molecular weight excluding hydrogens is 450 g/mol. The van der Waals surface area contributed by atoms with Crippen molar-refractivity contribution in [2.45, 2.75) is 59.1 Å². The molecule has 1 aromatic carbocycles. The second kappa shape index (κ2) is 9.95. The van der Waals surface area contributed by atoms with Crippen LogP contribution in [-0.2, 0) is 6.54 Å². The maximum atomic E-state index is 14.4. The molecule has 0 radical (unpaired) electrons. The van der Waals surface area contributed by atoms with E-state index in [4.69, 9.17) is 4.98 Å². The van der Waals surface area contributed by atoms with E-state index in [1.165, 1.54) is 18.2 Å². The van der Waals surface area contributed by atoms with Gasteiger partial charge in [0, 0.05) is 17.8 Å². The predicted molar refractivity (Wildman–Crippen MR) is 129 cm³/mol. The average Bonchev–Trinajstić information content (AvgIpc) is 3.18. The summed E-state index contributed by atoms with van der Waals surface area (Å²) in [6, 6.07) is 7.33. The average molecular weight is 479 g/mol. The summed E-state index contributed by atoms with van der Waals surface area (Å²) in [5, 5.41) is 22.8. The highest BCUT2D eigenvalue weighted by molar-refractivity contribution is 5.61. The third-order valence-corrected chi connectivity index (χ3v) is 5.88. The molecule has 4 rings (SSSR count). The van der Waals surface area contributed by atoms with Crippen LogP contribution in [0, 0.1) is 18.6 Å². The minimum atomic E-state index is -0.682. The Balaban J connectivity index is 1.71. The van der Waals surface area contributed by atoms with Crippen molar-refractivity contribution >= 4 is 0 Å². The van der Waals surface area contributed by atoms with E-state index in [1.807, 2.05) is 33.8 Å². The summed E-state index contributed by atoms with van der Waals surface area (Å²) in [5.41, 5.74) is 4.30. The van der Waals surface area contributed by atoms with Crippen LogP contribution in [-0.4, -0.2) is 41.2 Å². The Morgan fingerprint density at radius 2 is 1.66 bits per heavy atom. The second-order valence-electron chi connectivity index (χ2n) is 9.07. The number of rotatable bonds is 7. The van der Waals surface area contributed by atoms with Crippen molar-refractivity contribution in [3.05, 3.63) is 77.0 Å². The number of hydrogen-bond acceptors (Lipinski definition) is 6. The highest BCUT2D eigenvalue weighted by Crippen LogP contribution is 2.32. The lowest BCUT2D eigenvalue weighted by molar-refractivity contribution is 0.167. The van der Waals surface area contributed by atoms with Gasteiger partial charge in [0.2, 0.25) is 0 Å². The summed E-state index contributed by atoms with van der Waals surface area (Å²) in [6.07, 6.45) is 2.79. The summed E-state index contributed by atoms with van der Waals surface area (Å²) in [6.45, 7) is 9.95. The predicted octanol–water partition coefficient (Wildman–Crippen LogP) is 5.04. The molecule has 0 aliphatic carbocycles. The maximum Gasteiger partial charge on any atom is 0.135 e. The van der Waals surface area contributed by atoms with Crippen LogP contribution in [0.1, 0.15) is 62.2 Å². The van der Waals surface area contributed by atoms with Gasteiger partial charge in [-0.1, -0.05) is 26.8 Å². The van der Waals surface area contributed by atoms with Crippen LogP contribution in [0.5, 0.6) is 0 Å². The molecule has 0 bridgehead atoms. The van der Waals surface area contributed by atoms with Gasteiger partial charge in [0.05, 0.1) is 41.5 Å². The number of nitrogens with zero attached hydrogens (tertiary/aromatic N) is 6. The highest BCUT2D eigenvalue weighted by Gasteiger charge is 2.23. The van der Waals surface area contributed by atoms with Gasteiger partial charge < -0.3 is 5.11 Å². The monoisotopic (exact) mass is 478 g/mol. The van der Waals surface area contributed by atoms with Gasteiger partial charge in [-0.2, -0.15) is 15.3 Å². The summed E-state index contributed by atoms with van der Waals surface area (Å²) in [4.78, 5) is 9.14. The molecule has 0 amide bonds. The lowest BCUT2D eigenvalue weighted by Gasteiger charge is -2.18. The summed E-state index contributed by atoms with van der Waals surface area (Å²) in [7, 11) is 0. The third kappa shape index (κ3) is 5.09. The van der Waals surface area contributed by atoms with E-state index in [9.17, 15) is 13.9 Å². The largest absolute Gasteiger partial charge is 0.391 e. The zero-order chi connectivity index (χ0) is 25.3. The molecule has 35 heavy (non-hydrogen) atoms. The number of aliphatic hydroxyl groups excluding tert-OH is 1. The maximum absolute atomic E-state index is 14.4. The van der Waals surface area contributed by atoms with Crippen molar-refractivity contribution in [1.29, 1.82) is 0 Å². The first-order chi connectivity index (χ1) is 16.7. The number of aliphatic hydroxyl groups is 1. The number of hydrogen-bond donors (Lipinski definition) is 1. The Morgan fingerprint density at radius 3 is 2.31 bits per heavy atom. The first kappa shape index (κ1) is 24.5. The standard InChI is InChI=1S/C26H28F2N6O/c1-14(2)18-10-22(25-19(27)7-6-8-20(25)28)31-32-26(18)17(5)23-11-29-12-24(30-23)21-9-15(3)34(33-21)13-16(4)35/h6-12,14,16-17,35H,13H2,1-5H3/t16-,17?/m1/s1. The Morgan fingerprint density at radius 1 is 0.943 bits per heavy atom. The van der Waals surface area contributed by atoms with Gasteiger partial charge in [-0.05, 0) is 49.6 Å². The van der Waals surface area contributed by atoms with E-state index in [1.54, 1.807) is 30.1 Å². The van der Waals surface area contributed by atoms with Crippen molar-refractivity contribution in [2.75, 3.05) is 0 Å². The molecule has 0 saturated carbocycles. The van der Waals surface area contributed by atoms with E-state index in [0.29, 0.717) is 29.3 Å². The van der Waals surface area contributed by atoms with Crippen molar-refractivity contribution in [2.24, 2.45) is 0 Å². The molecule has 3 aromatic heterocycles. The lowest BCUT2D eigenvalue weighted by Crippen LogP contribution is -2.14. The molecule has 182 valence electrons. The van der Waals surface area contributed by atoms with Crippen LogP contribution in [0.3, 0.4) is 0 Å². The van der Waals surface area contributed by atoms with Gasteiger partial charge >= 0.3 is 0 Å². The van der Waals surface area contributed by atoms with E-state index in [2.05, 4.69) is 20.3 Å². The van der Waals surface area contributed by atoms with E-state index in [0.717, 1.165) is 11.3 Å². The molecule has 0 aliphatic heterocycles. The number of aromatic nitrogens is 6. The number of aryl methyl sites for hydroxylation is 1. The highest BCUT2D eigenvalue weighted by atomic mass is 19.1. The zero-order valence-electron chi connectivity index (χ0n) is 20.4. The minimum Gasteiger partial charge on any atom is -0.391 e. The quantitative estimate of drug-likeness (QED) is 0.400. The van der Waals surface area contributed by atoms with Gasteiger partial charge in [0.15, 0.2) is 0 Å². The van der Waals surface area contributed by atoms with Crippen LogP contribution in [0.4, 0.5) is 8.78 Å². The first-order valence-electron chi connectivity index (χ1n) is 11.5. The Labute approximate surface area is 202 Å². The lowest BCUT2D eigenvalue weighted by atomic mass is 9.92. The molecule has 2 atom stereocenters. The van der Waals surface area contributed by atoms with E-state index >= 15 is 0 Å². The molecule has 9 heteroatoms. The number of halogens is 2. The second-order valence-corrected chi connectivity index (χ2v) is 9.07. The fourth-order valence-corrected chi connectivity index (χ4v) is 4.00. The van der Waals surface area contributed by atoms with Crippen LogP contribution < -0.4 is 0 Å². The molecule has 4 aromatic rings. The van der Waals surface area contributed by atoms with Crippen LogP contribution in [0.15, 0.2) is 42.7 Å². The van der Waals surface area contributed by atoms with Crippen molar-refractivity contribution in [1.82, 2.24) is 29.9 Å². The van der Waals surface area contributed by atoms with Gasteiger partial charge in [-0.15, -0.1) is 0 Å².